The summed E-state index contributed by atoms with van der Waals surface area (Å²) in [7, 11) is 0. The fraction of sp³-hybridized carbons (Fsp3) is 0.0625. The third kappa shape index (κ3) is 3.40. The zero-order chi connectivity index (χ0) is 15.5. The molecule has 3 aromatic rings. The van der Waals surface area contributed by atoms with Crippen LogP contribution < -0.4 is 5.32 Å². The van der Waals surface area contributed by atoms with E-state index in [0.29, 0.717) is 21.5 Å². The Kier molecular flexibility index (Phi) is 4.62. The Bertz CT molecular complexity index is 832. The van der Waals surface area contributed by atoms with Gasteiger partial charge in [-0.25, -0.2) is 0 Å². The van der Waals surface area contributed by atoms with Crippen molar-refractivity contribution in [1.29, 1.82) is 0 Å². The number of benzene rings is 2. The van der Waals surface area contributed by atoms with E-state index in [1.165, 1.54) is 11.8 Å². The van der Waals surface area contributed by atoms with Gasteiger partial charge in [0.15, 0.2) is 0 Å². The van der Waals surface area contributed by atoms with Crippen LogP contribution in [-0.2, 0) is 4.79 Å². The Morgan fingerprint density at radius 2 is 1.95 bits per heavy atom. The Balaban J connectivity index is 1.63. The molecule has 1 heterocycles. The van der Waals surface area contributed by atoms with Crippen LogP contribution in [0.2, 0.25) is 10.0 Å². The van der Waals surface area contributed by atoms with E-state index in [1.807, 2.05) is 30.5 Å². The van der Waals surface area contributed by atoms with Gasteiger partial charge in [0.2, 0.25) is 5.91 Å². The number of anilines is 1. The maximum atomic E-state index is 12.0. The molecule has 3 nitrogen and oxygen atoms in total. The van der Waals surface area contributed by atoms with Gasteiger partial charge < -0.3 is 10.3 Å². The van der Waals surface area contributed by atoms with Crippen LogP contribution in [0, 0.1) is 0 Å². The van der Waals surface area contributed by atoms with Crippen LogP contribution >= 0.6 is 35.0 Å². The third-order valence-electron chi connectivity index (χ3n) is 3.11. The lowest BCUT2D eigenvalue weighted by Crippen LogP contribution is -2.13. The van der Waals surface area contributed by atoms with E-state index in [-0.39, 0.29) is 5.91 Å². The van der Waals surface area contributed by atoms with Gasteiger partial charge in [-0.1, -0.05) is 41.4 Å². The van der Waals surface area contributed by atoms with Gasteiger partial charge >= 0.3 is 0 Å². The molecule has 0 aliphatic rings. The highest BCUT2D eigenvalue weighted by Crippen LogP contribution is 2.28. The molecule has 0 saturated carbocycles. The standard InChI is InChI=1S/C16H12Cl2N2OS/c17-12-6-5-10(7-13(12)18)20-16(21)9-22-15-8-19-14-4-2-1-3-11(14)15/h1-8,19H,9H2,(H,20,21). The van der Waals surface area contributed by atoms with Crippen LogP contribution in [0.25, 0.3) is 10.9 Å². The molecule has 1 aromatic heterocycles. The second-order valence-corrected chi connectivity index (χ2v) is 6.50. The van der Waals surface area contributed by atoms with Crippen molar-refractivity contribution < 1.29 is 4.79 Å². The lowest BCUT2D eigenvalue weighted by atomic mass is 10.2. The first-order valence-electron chi connectivity index (χ1n) is 6.57. The fourth-order valence-corrected chi connectivity index (χ4v) is 3.21. The Labute approximate surface area is 142 Å². The summed E-state index contributed by atoms with van der Waals surface area (Å²) in [5.74, 6) is 0.232. The minimum Gasteiger partial charge on any atom is -0.360 e. The first-order chi connectivity index (χ1) is 10.6. The number of halogens is 2. The number of rotatable bonds is 4. The molecule has 0 atom stereocenters. The molecular weight excluding hydrogens is 339 g/mol. The monoisotopic (exact) mass is 350 g/mol. The Morgan fingerprint density at radius 1 is 1.14 bits per heavy atom. The highest BCUT2D eigenvalue weighted by atomic mass is 35.5. The number of H-pyrrole nitrogens is 1. The molecule has 0 aliphatic heterocycles. The van der Waals surface area contributed by atoms with Crippen molar-refractivity contribution in [1.82, 2.24) is 4.98 Å². The maximum Gasteiger partial charge on any atom is 0.234 e. The minimum atomic E-state index is -0.0892. The average molecular weight is 351 g/mol. The predicted molar refractivity (Wildman–Crippen MR) is 94.1 cm³/mol. The summed E-state index contributed by atoms with van der Waals surface area (Å²) in [5.41, 5.74) is 1.70. The number of carbonyl (C=O) groups is 1. The van der Waals surface area contributed by atoms with E-state index in [0.717, 1.165) is 15.8 Å². The second kappa shape index (κ2) is 6.65. The number of aromatic amines is 1. The zero-order valence-corrected chi connectivity index (χ0v) is 13.7. The molecule has 0 fully saturated rings. The van der Waals surface area contributed by atoms with E-state index in [1.54, 1.807) is 18.2 Å². The molecule has 6 heteroatoms. The molecule has 3 rings (SSSR count). The number of hydrogen-bond donors (Lipinski definition) is 2. The van der Waals surface area contributed by atoms with Crippen LogP contribution in [0.5, 0.6) is 0 Å². The number of amides is 1. The number of hydrogen-bond acceptors (Lipinski definition) is 2. The van der Waals surface area contributed by atoms with Crippen molar-refractivity contribution in [3.63, 3.8) is 0 Å². The number of para-hydroxylation sites is 1. The van der Waals surface area contributed by atoms with Crippen molar-refractivity contribution in [2.45, 2.75) is 4.90 Å². The molecule has 112 valence electrons. The van der Waals surface area contributed by atoms with E-state index < -0.39 is 0 Å². The number of thioether (sulfide) groups is 1. The predicted octanol–water partition coefficient (Wildman–Crippen LogP) is 5.21. The van der Waals surface area contributed by atoms with Gasteiger partial charge in [0.25, 0.3) is 0 Å². The van der Waals surface area contributed by atoms with Crippen LogP contribution in [0.15, 0.2) is 53.6 Å². The van der Waals surface area contributed by atoms with Crippen LogP contribution in [-0.4, -0.2) is 16.6 Å². The third-order valence-corrected chi connectivity index (χ3v) is 4.91. The van der Waals surface area contributed by atoms with E-state index in [4.69, 9.17) is 23.2 Å². The molecule has 2 N–H and O–H groups in total. The van der Waals surface area contributed by atoms with Gasteiger partial charge in [-0.2, -0.15) is 0 Å². The smallest absolute Gasteiger partial charge is 0.234 e. The van der Waals surface area contributed by atoms with Gasteiger partial charge in [0, 0.05) is 27.7 Å². The van der Waals surface area contributed by atoms with Crippen molar-refractivity contribution in [3.8, 4) is 0 Å². The quantitative estimate of drug-likeness (QED) is 0.634. The lowest BCUT2D eigenvalue weighted by Gasteiger charge is -2.06. The molecule has 0 saturated heterocycles. The van der Waals surface area contributed by atoms with Gasteiger partial charge in [-0.15, -0.1) is 11.8 Å². The van der Waals surface area contributed by atoms with Crippen molar-refractivity contribution in [2.75, 3.05) is 11.1 Å². The van der Waals surface area contributed by atoms with Crippen LogP contribution in [0.1, 0.15) is 0 Å². The molecular formula is C16H12Cl2N2OS. The highest BCUT2D eigenvalue weighted by Gasteiger charge is 2.08. The number of carbonyl (C=O) groups excluding carboxylic acids is 1. The number of fused-ring (bicyclic) bond motifs is 1. The van der Waals surface area contributed by atoms with Gasteiger partial charge in [0.05, 0.1) is 15.8 Å². The van der Waals surface area contributed by atoms with Crippen LogP contribution in [0.3, 0.4) is 0 Å². The second-order valence-electron chi connectivity index (χ2n) is 4.66. The average Bonchev–Trinajstić information content (AvgIpc) is 2.92. The molecule has 0 bridgehead atoms. The topological polar surface area (TPSA) is 44.9 Å². The minimum absolute atomic E-state index is 0.0892. The van der Waals surface area contributed by atoms with Crippen molar-refractivity contribution in [3.05, 3.63) is 58.7 Å². The maximum absolute atomic E-state index is 12.0. The molecule has 0 aliphatic carbocycles. The molecule has 0 spiro atoms. The summed E-state index contributed by atoms with van der Waals surface area (Å²) < 4.78 is 0. The first-order valence-corrected chi connectivity index (χ1v) is 8.31. The van der Waals surface area contributed by atoms with Crippen LogP contribution in [0.4, 0.5) is 5.69 Å². The zero-order valence-electron chi connectivity index (χ0n) is 11.4. The summed E-state index contributed by atoms with van der Waals surface area (Å²) in [6.07, 6.45) is 1.92. The lowest BCUT2D eigenvalue weighted by molar-refractivity contribution is -0.113. The summed E-state index contributed by atoms with van der Waals surface area (Å²) in [5, 5.41) is 4.81. The Hall–Kier alpha value is -1.62. The largest absolute Gasteiger partial charge is 0.360 e. The van der Waals surface area contributed by atoms with Gasteiger partial charge in [0.1, 0.15) is 0 Å². The van der Waals surface area contributed by atoms with E-state index in [2.05, 4.69) is 10.3 Å². The number of nitrogens with one attached hydrogen (secondary N) is 2. The molecule has 1 amide bonds. The summed E-state index contributed by atoms with van der Waals surface area (Å²) >= 11 is 13.3. The molecule has 0 radical (unpaired) electrons. The van der Waals surface area contributed by atoms with E-state index >= 15 is 0 Å². The van der Waals surface area contributed by atoms with E-state index in [9.17, 15) is 4.79 Å². The summed E-state index contributed by atoms with van der Waals surface area (Å²) in [4.78, 5) is 16.3. The molecule has 22 heavy (non-hydrogen) atoms. The van der Waals surface area contributed by atoms with Gasteiger partial charge in [-0.3, -0.25) is 4.79 Å². The summed E-state index contributed by atoms with van der Waals surface area (Å²) in [6.45, 7) is 0. The summed E-state index contributed by atoms with van der Waals surface area (Å²) in [6, 6.07) is 13.0. The fourth-order valence-electron chi connectivity index (χ4n) is 2.08. The SMILES string of the molecule is O=C(CSc1c[nH]c2ccccc12)Nc1ccc(Cl)c(Cl)c1. The molecule has 0 unspecified atom stereocenters. The first kappa shape index (κ1) is 15.3. The number of aromatic nitrogens is 1. The Morgan fingerprint density at radius 3 is 2.77 bits per heavy atom. The van der Waals surface area contributed by atoms with Crippen molar-refractivity contribution >= 4 is 57.5 Å². The van der Waals surface area contributed by atoms with Gasteiger partial charge in [-0.05, 0) is 24.3 Å². The normalized spacial score (nSPS) is 10.8. The molecule has 2 aromatic carbocycles. The van der Waals surface area contributed by atoms with Crippen molar-refractivity contribution in [2.24, 2.45) is 0 Å². The highest BCUT2D eigenvalue weighted by molar-refractivity contribution is 8.00.